The first-order valence-corrected chi connectivity index (χ1v) is 7.63. The van der Waals surface area contributed by atoms with Crippen LogP contribution < -0.4 is 5.43 Å². The summed E-state index contributed by atoms with van der Waals surface area (Å²) in [5.74, 6) is -0.0843. The number of non-ortho nitro benzene ring substituents is 1. The van der Waals surface area contributed by atoms with Gasteiger partial charge in [-0.25, -0.2) is 0 Å². The van der Waals surface area contributed by atoms with E-state index in [1.807, 2.05) is 12.1 Å². The van der Waals surface area contributed by atoms with Gasteiger partial charge in [0.1, 0.15) is 5.75 Å². The molecule has 138 valence electrons. The van der Waals surface area contributed by atoms with Gasteiger partial charge in [0, 0.05) is 17.7 Å². The van der Waals surface area contributed by atoms with Crippen molar-refractivity contribution in [3.8, 4) is 5.75 Å². The van der Waals surface area contributed by atoms with E-state index in [1.54, 1.807) is 18.2 Å². The SMILES string of the molecule is O=[N+]([O-])c1ccc(N/N=C/c2c(O)ccc3ccccc23)c(C(F)(F)F)c1. The zero-order valence-electron chi connectivity index (χ0n) is 13.6. The van der Waals surface area contributed by atoms with Crippen molar-refractivity contribution in [1.82, 2.24) is 0 Å². The Labute approximate surface area is 150 Å². The van der Waals surface area contributed by atoms with Crippen LogP contribution in [0.25, 0.3) is 10.8 Å². The van der Waals surface area contributed by atoms with Crippen molar-refractivity contribution in [2.45, 2.75) is 6.18 Å². The fourth-order valence-corrected chi connectivity index (χ4v) is 2.56. The number of benzene rings is 3. The predicted molar refractivity (Wildman–Crippen MR) is 94.9 cm³/mol. The molecule has 0 heterocycles. The maximum Gasteiger partial charge on any atom is 0.418 e. The molecule has 0 aromatic heterocycles. The first-order valence-electron chi connectivity index (χ1n) is 7.63. The lowest BCUT2D eigenvalue weighted by Gasteiger charge is -2.12. The molecule has 3 rings (SSSR count). The minimum absolute atomic E-state index is 0.0843. The van der Waals surface area contributed by atoms with E-state index in [2.05, 4.69) is 10.5 Å². The molecule has 9 heteroatoms. The largest absolute Gasteiger partial charge is 0.507 e. The first kappa shape index (κ1) is 18.2. The van der Waals surface area contributed by atoms with E-state index in [0.717, 1.165) is 17.5 Å². The molecule has 6 nitrogen and oxygen atoms in total. The number of hydrazone groups is 1. The third kappa shape index (κ3) is 3.81. The number of phenolic OH excluding ortho intramolecular Hbond substituents is 1. The number of rotatable bonds is 4. The van der Waals surface area contributed by atoms with Crippen molar-refractivity contribution in [2.75, 3.05) is 5.43 Å². The van der Waals surface area contributed by atoms with Gasteiger partial charge in [-0.05, 0) is 22.9 Å². The van der Waals surface area contributed by atoms with Gasteiger partial charge in [-0.1, -0.05) is 30.3 Å². The van der Waals surface area contributed by atoms with Crippen molar-refractivity contribution >= 4 is 28.4 Å². The number of nitrogens with zero attached hydrogens (tertiary/aromatic N) is 2. The normalized spacial score (nSPS) is 11.8. The monoisotopic (exact) mass is 375 g/mol. The van der Waals surface area contributed by atoms with Crippen LogP contribution >= 0.6 is 0 Å². The minimum atomic E-state index is -4.80. The van der Waals surface area contributed by atoms with Crippen molar-refractivity contribution in [3.63, 3.8) is 0 Å². The van der Waals surface area contributed by atoms with Gasteiger partial charge in [-0.3, -0.25) is 15.5 Å². The fourth-order valence-electron chi connectivity index (χ4n) is 2.56. The molecule has 0 aliphatic carbocycles. The highest BCUT2D eigenvalue weighted by molar-refractivity contribution is 6.02. The number of aromatic hydroxyl groups is 1. The van der Waals surface area contributed by atoms with Crippen LogP contribution in [0.15, 0.2) is 59.7 Å². The molecule has 0 saturated carbocycles. The molecule has 0 spiro atoms. The molecule has 27 heavy (non-hydrogen) atoms. The van der Waals surface area contributed by atoms with E-state index in [-0.39, 0.29) is 5.75 Å². The van der Waals surface area contributed by atoms with Crippen molar-refractivity contribution in [1.29, 1.82) is 0 Å². The summed E-state index contributed by atoms with van der Waals surface area (Å²) in [6.07, 6.45) is -3.61. The van der Waals surface area contributed by atoms with E-state index >= 15 is 0 Å². The Balaban J connectivity index is 1.96. The quantitative estimate of drug-likeness (QED) is 0.385. The number of alkyl halides is 3. The Kier molecular flexibility index (Phi) is 4.68. The summed E-state index contributed by atoms with van der Waals surface area (Å²) in [6, 6.07) is 12.6. The topological polar surface area (TPSA) is 87.8 Å². The van der Waals surface area contributed by atoms with Crippen LogP contribution in [0.4, 0.5) is 24.5 Å². The second-order valence-corrected chi connectivity index (χ2v) is 5.57. The summed E-state index contributed by atoms with van der Waals surface area (Å²) >= 11 is 0. The van der Waals surface area contributed by atoms with E-state index in [0.29, 0.717) is 17.0 Å². The summed E-state index contributed by atoms with van der Waals surface area (Å²) in [5.41, 5.74) is 0.242. The smallest absolute Gasteiger partial charge is 0.418 e. The maximum absolute atomic E-state index is 13.2. The lowest BCUT2D eigenvalue weighted by molar-refractivity contribution is -0.385. The molecule has 0 radical (unpaired) electrons. The number of hydrogen-bond acceptors (Lipinski definition) is 5. The van der Waals surface area contributed by atoms with Crippen molar-refractivity contribution in [2.24, 2.45) is 5.10 Å². The second-order valence-electron chi connectivity index (χ2n) is 5.57. The molecular weight excluding hydrogens is 363 g/mol. The Hall–Kier alpha value is -3.62. The van der Waals surface area contributed by atoms with Crippen LogP contribution in [0.3, 0.4) is 0 Å². The molecule has 0 bridgehead atoms. The molecule has 3 aromatic rings. The predicted octanol–water partition coefficient (Wildman–Crippen LogP) is 4.92. The first-order chi connectivity index (χ1) is 12.8. The number of phenols is 1. The van der Waals surface area contributed by atoms with Gasteiger partial charge in [0.05, 0.1) is 22.4 Å². The Morgan fingerprint density at radius 1 is 1.11 bits per heavy atom. The van der Waals surface area contributed by atoms with Gasteiger partial charge in [0.2, 0.25) is 0 Å². The Bertz CT molecular complexity index is 1050. The molecule has 0 unspecified atom stereocenters. The molecule has 0 aliphatic heterocycles. The third-order valence-corrected chi connectivity index (χ3v) is 3.85. The fraction of sp³-hybridized carbons (Fsp3) is 0.0556. The van der Waals surface area contributed by atoms with Crippen molar-refractivity contribution in [3.05, 3.63) is 75.8 Å². The van der Waals surface area contributed by atoms with Gasteiger partial charge in [-0.2, -0.15) is 18.3 Å². The zero-order valence-corrected chi connectivity index (χ0v) is 13.6. The van der Waals surface area contributed by atoms with Crippen LogP contribution in [-0.2, 0) is 6.18 Å². The maximum atomic E-state index is 13.2. The molecule has 0 fully saturated rings. The number of halogens is 3. The van der Waals surface area contributed by atoms with Gasteiger partial charge >= 0.3 is 6.18 Å². The van der Waals surface area contributed by atoms with Crippen LogP contribution in [0.5, 0.6) is 5.75 Å². The van der Waals surface area contributed by atoms with Crippen LogP contribution in [-0.4, -0.2) is 16.2 Å². The molecule has 0 saturated heterocycles. The summed E-state index contributed by atoms with van der Waals surface area (Å²) < 4.78 is 39.5. The number of fused-ring (bicyclic) bond motifs is 1. The number of hydrogen-bond donors (Lipinski definition) is 2. The molecule has 3 aromatic carbocycles. The van der Waals surface area contributed by atoms with Gasteiger partial charge in [-0.15, -0.1) is 0 Å². The van der Waals surface area contributed by atoms with Gasteiger partial charge in [0.25, 0.3) is 5.69 Å². The Morgan fingerprint density at radius 2 is 1.85 bits per heavy atom. The van der Waals surface area contributed by atoms with Crippen LogP contribution in [0, 0.1) is 10.1 Å². The van der Waals surface area contributed by atoms with Crippen LogP contribution in [0.1, 0.15) is 11.1 Å². The van der Waals surface area contributed by atoms with E-state index in [4.69, 9.17) is 0 Å². The summed E-state index contributed by atoms with van der Waals surface area (Å²) in [7, 11) is 0. The standard InChI is InChI=1S/C18H12F3N3O3/c19-18(20,21)15-9-12(24(26)27)6-7-16(15)23-22-10-14-13-4-2-1-3-11(13)5-8-17(14)25/h1-10,23,25H/b22-10+. The highest BCUT2D eigenvalue weighted by Crippen LogP contribution is 2.37. The molecule has 0 amide bonds. The highest BCUT2D eigenvalue weighted by atomic mass is 19.4. The average molecular weight is 375 g/mol. The molecule has 0 aliphatic rings. The Morgan fingerprint density at radius 3 is 2.56 bits per heavy atom. The minimum Gasteiger partial charge on any atom is -0.507 e. The van der Waals surface area contributed by atoms with E-state index in [9.17, 15) is 28.4 Å². The summed E-state index contributed by atoms with van der Waals surface area (Å²) in [4.78, 5) is 9.81. The molecule has 0 atom stereocenters. The number of nitrogens with one attached hydrogen (secondary N) is 1. The third-order valence-electron chi connectivity index (χ3n) is 3.85. The number of nitro benzene ring substituents is 1. The number of nitro groups is 1. The van der Waals surface area contributed by atoms with Crippen LogP contribution in [0.2, 0.25) is 0 Å². The lowest BCUT2D eigenvalue weighted by Crippen LogP contribution is -2.09. The molecule has 2 N–H and O–H groups in total. The summed E-state index contributed by atoms with van der Waals surface area (Å²) in [6.45, 7) is 0. The summed E-state index contributed by atoms with van der Waals surface area (Å²) in [5, 5.41) is 26.0. The van der Waals surface area contributed by atoms with E-state index in [1.165, 1.54) is 12.3 Å². The zero-order chi connectivity index (χ0) is 19.6. The number of anilines is 1. The van der Waals surface area contributed by atoms with Crippen molar-refractivity contribution < 1.29 is 23.2 Å². The van der Waals surface area contributed by atoms with Gasteiger partial charge in [0.15, 0.2) is 0 Å². The second kappa shape index (κ2) is 6.94. The van der Waals surface area contributed by atoms with Gasteiger partial charge < -0.3 is 5.11 Å². The average Bonchev–Trinajstić information content (AvgIpc) is 2.62. The van der Waals surface area contributed by atoms with E-state index < -0.39 is 28.0 Å². The highest BCUT2D eigenvalue weighted by Gasteiger charge is 2.35. The molecular formula is C18H12F3N3O3. The lowest BCUT2D eigenvalue weighted by atomic mass is 10.0.